The Kier molecular flexibility index (Phi) is 5.08. The van der Waals surface area contributed by atoms with E-state index in [1.54, 1.807) is 21.1 Å². The molecule has 0 unspecified atom stereocenters. The predicted octanol–water partition coefficient (Wildman–Crippen LogP) is 5.18. The molecular formula is C20H20ClF3N2OS. The van der Waals surface area contributed by atoms with Crippen LogP contribution in [0.2, 0.25) is 5.02 Å². The van der Waals surface area contributed by atoms with Crippen LogP contribution in [0.25, 0.3) is 0 Å². The van der Waals surface area contributed by atoms with Crippen molar-refractivity contribution in [2.75, 3.05) is 31.1 Å². The average Bonchev–Trinajstić information content (AvgIpc) is 3.34. The van der Waals surface area contributed by atoms with Crippen molar-refractivity contribution in [1.29, 1.82) is 0 Å². The number of aryl methyl sites for hydroxylation is 1. The van der Waals surface area contributed by atoms with Gasteiger partial charge in [0, 0.05) is 52.8 Å². The Bertz CT molecular complexity index is 890. The summed E-state index contributed by atoms with van der Waals surface area (Å²) in [6, 6.07) is 7.80. The van der Waals surface area contributed by atoms with Crippen LogP contribution in [0.3, 0.4) is 0 Å². The fourth-order valence-corrected chi connectivity index (χ4v) is 5.07. The second-order valence-corrected chi connectivity index (χ2v) is 9.12. The van der Waals surface area contributed by atoms with E-state index in [0.29, 0.717) is 32.1 Å². The summed E-state index contributed by atoms with van der Waals surface area (Å²) in [6.45, 7) is 3.64. The van der Waals surface area contributed by atoms with E-state index in [-0.39, 0.29) is 22.5 Å². The summed E-state index contributed by atoms with van der Waals surface area (Å²) in [5.41, 5.74) is -0.600. The molecule has 150 valence electrons. The summed E-state index contributed by atoms with van der Waals surface area (Å²) >= 11 is 7.66. The van der Waals surface area contributed by atoms with E-state index >= 15 is 0 Å². The summed E-state index contributed by atoms with van der Waals surface area (Å²) in [4.78, 5) is 18.7. The van der Waals surface area contributed by atoms with E-state index < -0.39 is 11.7 Å². The number of piperazine rings is 1. The molecule has 1 saturated heterocycles. The highest BCUT2D eigenvalue weighted by atomic mass is 35.5. The SMILES string of the molecule is Cc1ccc([C@@H]2C[C@@H]2C(=O)N2CCN(c3cc(Cl)ccc3C(F)(F)F)CC2)s1. The van der Waals surface area contributed by atoms with Crippen molar-refractivity contribution in [3.8, 4) is 0 Å². The van der Waals surface area contributed by atoms with E-state index in [0.717, 1.165) is 12.5 Å². The zero-order valence-corrected chi connectivity index (χ0v) is 16.9. The highest BCUT2D eigenvalue weighted by Crippen LogP contribution is 2.50. The lowest BCUT2D eigenvalue weighted by molar-refractivity contribution is -0.137. The molecule has 1 amide bonds. The molecule has 8 heteroatoms. The van der Waals surface area contributed by atoms with Gasteiger partial charge in [-0.25, -0.2) is 0 Å². The number of carbonyl (C=O) groups is 1. The molecule has 2 aliphatic rings. The van der Waals surface area contributed by atoms with Gasteiger partial charge in [-0.1, -0.05) is 11.6 Å². The molecule has 2 fully saturated rings. The monoisotopic (exact) mass is 428 g/mol. The number of amides is 1. The van der Waals surface area contributed by atoms with Crippen LogP contribution in [-0.4, -0.2) is 37.0 Å². The van der Waals surface area contributed by atoms with Gasteiger partial charge in [-0.05, 0) is 43.7 Å². The molecule has 1 aliphatic carbocycles. The van der Waals surface area contributed by atoms with Crippen LogP contribution in [0.4, 0.5) is 18.9 Å². The van der Waals surface area contributed by atoms with Crippen molar-refractivity contribution in [3.63, 3.8) is 0 Å². The van der Waals surface area contributed by atoms with Gasteiger partial charge < -0.3 is 9.80 Å². The van der Waals surface area contributed by atoms with Crippen LogP contribution in [0.5, 0.6) is 0 Å². The van der Waals surface area contributed by atoms with Crippen molar-refractivity contribution in [3.05, 3.63) is 50.7 Å². The molecule has 0 radical (unpaired) electrons. The number of benzene rings is 1. The van der Waals surface area contributed by atoms with Crippen LogP contribution in [-0.2, 0) is 11.0 Å². The number of carbonyl (C=O) groups excluding carboxylic acids is 1. The van der Waals surface area contributed by atoms with E-state index in [2.05, 4.69) is 19.1 Å². The molecule has 28 heavy (non-hydrogen) atoms. The highest BCUT2D eigenvalue weighted by molar-refractivity contribution is 7.12. The summed E-state index contributed by atoms with van der Waals surface area (Å²) in [7, 11) is 0. The van der Waals surface area contributed by atoms with Crippen LogP contribution >= 0.6 is 22.9 Å². The van der Waals surface area contributed by atoms with Crippen molar-refractivity contribution in [1.82, 2.24) is 4.90 Å². The van der Waals surface area contributed by atoms with E-state index in [4.69, 9.17) is 11.6 Å². The Balaban J connectivity index is 1.40. The molecule has 2 heterocycles. The first kappa shape index (κ1) is 19.6. The van der Waals surface area contributed by atoms with Gasteiger partial charge in [-0.15, -0.1) is 11.3 Å². The maximum absolute atomic E-state index is 13.3. The molecule has 0 bridgehead atoms. The van der Waals surface area contributed by atoms with Crippen molar-refractivity contribution in [2.45, 2.75) is 25.4 Å². The van der Waals surface area contributed by atoms with Gasteiger partial charge in [0.2, 0.25) is 5.91 Å². The van der Waals surface area contributed by atoms with Gasteiger partial charge in [0.15, 0.2) is 0 Å². The molecule has 1 aromatic heterocycles. The second-order valence-electron chi connectivity index (χ2n) is 7.37. The topological polar surface area (TPSA) is 23.6 Å². The molecule has 4 rings (SSSR count). The average molecular weight is 429 g/mol. The molecule has 0 N–H and O–H groups in total. The van der Waals surface area contributed by atoms with Crippen molar-refractivity contribution in [2.24, 2.45) is 5.92 Å². The minimum Gasteiger partial charge on any atom is -0.367 e. The quantitative estimate of drug-likeness (QED) is 0.672. The fraction of sp³-hybridized carbons (Fsp3) is 0.450. The van der Waals surface area contributed by atoms with Gasteiger partial charge in [0.25, 0.3) is 0 Å². The van der Waals surface area contributed by atoms with Crippen LogP contribution in [0.1, 0.15) is 27.7 Å². The molecule has 2 atom stereocenters. The third-order valence-electron chi connectivity index (χ3n) is 5.43. The van der Waals surface area contributed by atoms with Gasteiger partial charge in [-0.2, -0.15) is 13.2 Å². The first-order valence-electron chi connectivity index (χ1n) is 9.21. The summed E-state index contributed by atoms with van der Waals surface area (Å²) in [5, 5.41) is 0.272. The zero-order chi connectivity index (χ0) is 20.1. The lowest BCUT2D eigenvalue weighted by Crippen LogP contribution is -2.49. The minimum absolute atomic E-state index is 0.0153. The number of thiophene rings is 1. The maximum Gasteiger partial charge on any atom is 0.418 e. The van der Waals surface area contributed by atoms with Crippen LogP contribution < -0.4 is 4.90 Å². The van der Waals surface area contributed by atoms with Crippen LogP contribution in [0, 0.1) is 12.8 Å². The molecule has 3 nitrogen and oxygen atoms in total. The Hall–Kier alpha value is -1.73. The fourth-order valence-electron chi connectivity index (χ4n) is 3.84. The second kappa shape index (κ2) is 7.26. The predicted molar refractivity (Wildman–Crippen MR) is 105 cm³/mol. The van der Waals surface area contributed by atoms with Gasteiger partial charge in [-0.3, -0.25) is 4.79 Å². The number of halogens is 4. The number of alkyl halides is 3. The third-order valence-corrected chi connectivity index (χ3v) is 6.80. The van der Waals surface area contributed by atoms with Crippen molar-refractivity contribution < 1.29 is 18.0 Å². The van der Waals surface area contributed by atoms with Gasteiger partial charge in [0.05, 0.1) is 11.3 Å². The molecule has 0 spiro atoms. The Morgan fingerprint density at radius 3 is 2.46 bits per heavy atom. The molecule has 1 aliphatic heterocycles. The summed E-state index contributed by atoms with van der Waals surface area (Å²) in [6.07, 6.45) is -3.57. The van der Waals surface area contributed by atoms with Gasteiger partial charge >= 0.3 is 6.18 Å². The zero-order valence-electron chi connectivity index (χ0n) is 15.3. The largest absolute Gasteiger partial charge is 0.418 e. The normalized spacial score (nSPS) is 22.5. The lowest BCUT2D eigenvalue weighted by Gasteiger charge is -2.37. The Morgan fingerprint density at radius 2 is 1.86 bits per heavy atom. The number of nitrogens with zero attached hydrogens (tertiary/aromatic N) is 2. The molecule has 1 aromatic carbocycles. The molecule has 2 aromatic rings. The Morgan fingerprint density at radius 1 is 1.14 bits per heavy atom. The first-order chi connectivity index (χ1) is 13.2. The summed E-state index contributed by atoms with van der Waals surface area (Å²) < 4.78 is 40.0. The first-order valence-corrected chi connectivity index (χ1v) is 10.4. The number of hydrogen-bond acceptors (Lipinski definition) is 3. The van der Waals surface area contributed by atoms with E-state index in [1.165, 1.54) is 21.9 Å². The highest BCUT2D eigenvalue weighted by Gasteiger charge is 2.47. The smallest absolute Gasteiger partial charge is 0.367 e. The van der Waals surface area contributed by atoms with Crippen molar-refractivity contribution >= 4 is 34.5 Å². The number of anilines is 1. The molecular weight excluding hydrogens is 409 g/mol. The number of hydrogen-bond donors (Lipinski definition) is 0. The van der Waals surface area contributed by atoms with Crippen LogP contribution in [0.15, 0.2) is 30.3 Å². The molecule has 1 saturated carbocycles. The third kappa shape index (κ3) is 3.87. The minimum atomic E-state index is -4.44. The number of rotatable bonds is 3. The Labute approximate surface area is 170 Å². The maximum atomic E-state index is 13.3. The standard InChI is InChI=1S/C20H20ClF3N2OS/c1-12-2-5-18(28-12)14-11-15(14)19(27)26-8-6-25(7-9-26)17-10-13(21)3-4-16(17)20(22,23)24/h2-5,10,14-15H,6-9,11H2,1H3/t14-,15+/m1/s1. The van der Waals surface area contributed by atoms with Gasteiger partial charge in [0.1, 0.15) is 0 Å². The van der Waals surface area contributed by atoms with E-state index in [9.17, 15) is 18.0 Å². The van der Waals surface area contributed by atoms with E-state index in [1.807, 2.05) is 0 Å². The lowest BCUT2D eigenvalue weighted by atomic mass is 10.1. The summed E-state index contributed by atoms with van der Waals surface area (Å²) in [5.74, 6) is 0.438.